The standard InChI is InChI=1S/C17H31N3O/c1-2-14-9-18-7-3-5-15(18)10-20(14)12-17-11-19-8-4-6-16(19)13-21-17/h14-17H,2-13H2,1H3. The molecule has 4 aliphatic rings. The molecule has 0 aromatic rings. The minimum Gasteiger partial charge on any atom is -0.374 e. The second-order valence-corrected chi connectivity index (χ2v) is 7.55. The topological polar surface area (TPSA) is 19.0 Å². The number of morpholine rings is 1. The molecule has 0 aromatic heterocycles. The Labute approximate surface area is 129 Å². The molecule has 0 spiro atoms. The minimum atomic E-state index is 0.446. The zero-order valence-corrected chi connectivity index (χ0v) is 13.5. The van der Waals surface area contributed by atoms with Gasteiger partial charge >= 0.3 is 0 Å². The van der Waals surface area contributed by atoms with Crippen LogP contribution in [-0.4, -0.2) is 84.8 Å². The van der Waals surface area contributed by atoms with Crippen molar-refractivity contribution < 1.29 is 4.74 Å². The van der Waals surface area contributed by atoms with Crippen LogP contribution >= 0.6 is 0 Å². The van der Waals surface area contributed by atoms with Crippen molar-refractivity contribution in [1.82, 2.24) is 14.7 Å². The van der Waals surface area contributed by atoms with Crippen molar-refractivity contribution >= 4 is 0 Å². The molecule has 4 aliphatic heterocycles. The van der Waals surface area contributed by atoms with Gasteiger partial charge in [0.15, 0.2) is 0 Å². The minimum absolute atomic E-state index is 0.446. The second-order valence-electron chi connectivity index (χ2n) is 7.55. The van der Waals surface area contributed by atoms with E-state index in [1.165, 1.54) is 64.8 Å². The molecule has 0 saturated carbocycles. The monoisotopic (exact) mass is 293 g/mol. The molecule has 120 valence electrons. The summed E-state index contributed by atoms with van der Waals surface area (Å²) >= 11 is 0. The first-order valence-corrected chi connectivity index (χ1v) is 9.17. The molecule has 4 rings (SSSR count). The quantitative estimate of drug-likeness (QED) is 0.783. The molecule has 0 aromatic carbocycles. The van der Waals surface area contributed by atoms with Crippen molar-refractivity contribution in [3.63, 3.8) is 0 Å². The van der Waals surface area contributed by atoms with Crippen LogP contribution < -0.4 is 0 Å². The third-order valence-electron chi connectivity index (χ3n) is 6.28. The lowest BCUT2D eigenvalue weighted by molar-refractivity contribution is -0.0755. The van der Waals surface area contributed by atoms with Gasteiger partial charge in [-0.25, -0.2) is 0 Å². The maximum atomic E-state index is 6.20. The van der Waals surface area contributed by atoms with Gasteiger partial charge in [0.2, 0.25) is 0 Å². The van der Waals surface area contributed by atoms with E-state index in [4.69, 9.17) is 4.74 Å². The Hall–Kier alpha value is -0.160. The lowest BCUT2D eigenvalue weighted by atomic mass is 10.0. The Balaban J connectivity index is 1.36. The van der Waals surface area contributed by atoms with Gasteiger partial charge in [-0.2, -0.15) is 0 Å². The lowest BCUT2D eigenvalue weighted by Crippen LogP contribution is -2.59. The van der Waals surface area contributed by atoms with Gasteiger partial charge in [-0.15, -0.1) is 0 Å². The highest BCUT2D eigenvalue weighted by Crippen LogP contribution is 2.28. The number of fused-ring (bicyclic) bond motifs is 2. The molecule has 21 heavy (non-hydrogen) atoms. The van der Waals surface area contributed by atoms with Crippen LogP contribution in [0.25, 0.3) is 0 Å². The SMILES string of the molecule is CCC1CN2CCCC2CN1CC1CN2CCCC2CO1. The summed E-state index contributed by atoms with van der Waals surface area (Å²) < 4.78 is 6.20. The van der Waals surface area contributed by atoms with E-state index in [9.17, 15) is 0 Å². The summed E-state index contributed by atoms with van der Waals surface area (Å²) in [5.41, 5.74) is 0. The first-order chi connectivity index (χ1) is 10.3. The summed E-state index contributed by atoms with van der Waals surface area (Å²) in [6.07, 6.45) is 7.27. The van der Waals surface area contributed by atoms with Gasteiger partial charge in [0.05, 0.1) is 12.7 Å². The van der Waals surface area contributed by atoms with Crippen LogP contribution in [0.3, 0.4) is 0 Å². The van der Waals surface area contributed by atoms with Crippen LogP contribution in [0.2, 0.25) is 0 Å². The van der Waals surface area contributed by atoms with Crippen LogP contribution in [0.1, 0.15) is 39.0 Å². The van der Waals surface area contributed by atoms with E-state index in [-0.39, 0.29) is 0 Å². The lowest BCUT2D eigenvalue weighted by Gasteiger charge is -2.46. The predicted octanol–water partition coefficient (Wildman–Crippen LogP) is 1.41. The van der Waals surface area contributed by atoms with Gasteiger partial charge < -0.3 is 4.74 Å². The fraction of sp³-hybridized carbons (Fsp3) is 1.00. The maximum absolute atomic E-state index is 6.20. The average Bonchev–Trinajstić information content (AvgIpc) is 3.13. The van der Waals surface area contributed by atoms with E-state index < -0.39 is 0 Å². The normalized spacial score (nSPS) is 42.1. The molecule has 4 nitrogen and oxygen atoms in total. The van der Waals surface area contributed by atoms with Gasteiger partial charge in [0, 0.05) is 44.3 Å². The summed E-state index contributed by atoms with van der Waals surface area (Å²) in [7, 11) is 0. The van der Waals surface area contributed by atoms with Gasteiger partial charge in [-0.1, -0.05) is 6.92 Å². The molecule has 4 heterocycles. The summed E-state index contributed by atoms with van der Waals surface area (Å²) in [4.78, 5) is 8.18. The van der Waals surface area contributed by atoms with Crippen molar-refractivity contribution in [3.8, 4) is 0 Å². The third kappa shape index (κ3) is 2.88. The maximum Gasteiger partial charge on any atom is 0.0829 e. The van der Waals surface area contributed by atoms with Crippen molar-refractivity contribution in [2.75, 3.05) is 45.9 Å². The molecule has 4 saturated heterocycles. The van der Waals surface area contributed by atoms with Crippen LogP contribution in [0.5, 0.6) is 0 Å². The highest BCUT2D eigenvalue weighted by atomic mass is 16.5. The first-order valence-electron chi connectivity index (χ1n) is 9.17. The molecule has 4 atom stereocenters. The molecule has 4 unspecified atom stereocenters. The molecular weight excluding hydrogens is 262 g/mol. The Morgan fingerprint density at radius 1 is 0.952 bits per heavy atom. The molecule has 4 heteroatoms. The summed E-state index contributed by atoms with van der Waals surface area (Å²) in [6, 6.07) is 2.31. The van der Waals surface area contributed by atoms with E-state index in [1.54, 1.807) is 0 Å². The molecule has 0 bridgehead atoms. The Kier molecular flexibility index (Phi) is 4.23. The first kappa shape index (κ1) is 14.4. The molecular formula is C17H31N3O. The fourth-order valence-electron chi connectivity index (χ4n) is 5.02. The summed E-state index contributed by atoms with van der Waals surface area (Å²) in [5.74, 6) is 0. The summed E-state index contributed by atoms with van der Waals surface area (Å²) in [5, 5.41) is 0. The molecule has 0 amide bonds. The van der Waals surface area contributed by atoms with E-state index in [0.29, 0.717) is 6.10 Å². The van der Waals surface area contributed by atoms with Gasteiger partial charge in [-0.3, -0.25) is 14.7 Å². The molecule has 4 fully saturated rings. The van der Waals surface area contributed by atoms with E-state index in [1.807, 2.05) is 0 Å². The smallest absolute Gasteiger partial charge is 0.0829 e. The zero-order valence-electron chi connectivity index (χ0n) is 13.5. The van der Waals surface area contributed by atoms with E-state index >= 15 is 0 Å². The summed E-state index contributed by atoms with van der Waals surface area (Å²) in [6.45, 7) is 10.9. The number of hydrogen-bond donors (Lipinski definition) is 0. The van der Waals surface area contributed by atoms with Gasteiger partial charge in [-0.05, 0) is 45.2 Å². The number of rotatable bonds is 3. The average molecular weight is 293 g/mol. The van der Waals surface area contributed by atoms with Crippen molar-refractivity contribution in [2.24, 2.45) is 0 Å². The Morgan fingerprint density at radius 2 is 1.71 bits per heavy atom. The van der Waals surface area contributed by atoms with Gasteiger partial charge in [0.25, 0.3) is 0 Å². The fourth-order valence-corrected chi connectivity index (χ4v) is 5.02. The third-order valence-corrected chi connectivity index (χ3v) is 6.28. The van der Waals surface area contributed by atoms with Crippen LogP contribution in [0.4, 0.5) is 0 Å². The highest BCUT2D eigenvalue weighted by molar-refractivity contribution is 4.94. The van der Waals surface area contributed by atoms with Crippen LogP contribution in [0, 0.1) is 0 Å². The Morgan fingerprint density at radius 3 is 2.52 bits per heavy atom. The van der Waals surface area contributed by atoms with Gasteiger partial charge in [0.1, 0.15) is 0 Å². The number of ether oxygens (including phenoxy) is 1. The van der Waals surface area contributed by atoms with Crippen LogP contribution in [0.15, 0.2) is 0 Å². The highest BCUT2D eigenvalue weighted by Gasteiger charge is 2.38. The number of nitrogens with zero attached hydrogens (tertiary/aromatic N) is 3. The largest absolute Gasteiger partial charge is 0.374 e. The molecule has 0 N–H and O–H groups in total. The number of piperazine rings is 1. The van der Waals surface area contributed by atoms with E-state index in [2.05, 4.69) is 21.6 Å². The molecule has 0 aliphatic carbocycles. The van der Waals surface area contributed by atoms with Crippen LogP contribution in [-0.2, 0) is 4.74 Å². The zero-order chi connectivity index (χ0) is 14.2. The van der Waals surface area contributed by atoms with Crippen molar-refractivity contribution in [3.05, 3.63) is 0 Å². The predicted molar refractivity (Wildman–Crippen MR) is 84.6 cm³/mol. The second kappa shape index (κ2) is 6.15. The molecule has 0 radical (unpaired) electrons. The Bertz CT molecular complexity index is 364. The number of hydrogen-bond acceptors (Lipinski definition) is 4. The van der Waals surface area contributed by atoms with Crippen molar-refractivity contribution in [1.29, 1.82) is 0 Å². The van der Waals surface area contributed by atoms with Crippen molar-refractivity contribution in [2.45, 2.75) is 63.3 Å². The van der Waals surface area contributed by atoms with E-state index in [0.717, 1.165) is 31.3 Å².